The molecule has 0 aromatic carbocycles. The maximum Gasteiger partial charge on any atom is 0.0945 e. The van der Waals surface area contributed by atoms with E-state index >= 15 is 0 Å². The number of hydrogen-bond donors (Lipinski definition) is 0. The van der Waals surface area contributed by atoms with Crippen molar-refractivity contribution in [3.8, 4) is 0 Å². The molecule has 0 aromatic rings. The van der Waals surface area contributed by atoms with Gasteiger partial charge in [-0.05, 0) is 44.0 Å². The summed E-state index contributed by atoms with van der Waals surface area (Å²) >= 11 is 0. The third-order valence-electron chi connectivity index (χ3n) is 3.98. The molecule has 2 nitrogen and oxygen atoms in total. The Morgan fingerprint density at radius 1 is 1.35 bits per heavy atom. The van der Waals surface area contributed by atoms with Crippen molar-refractivity contribution in [1.29, 1.82) is 0 Å². The van der Waals surface area contributed by atoms with Gasteiger partial charge >= 0.3 is 0 Å². The fourth-order valence-corrected chi connectivity index (χ4v) is 2.72. The molecule has 1 saturated heterocycles. The Labute approximate surface area is 106 Å². The third kappa shape index (κ3) is 2.99. The van der Waals surface area contributed by atoms with Gasteiger partial charge in [-0.25, -0.2) is 0 Å². The standard InChI is InChI=1S/C15H27NO/c1-6-14-13(5)12-17-15(14,7-2)10-11-16(8-3)9-4/h6H,5,7-12H2,1-4H3/b14-6+. The van der Waals surface area contributed by atoms with Crippen LogP contribution in [0.5, 0.6) is 0 Å². The van der Waals surface area contributed by atoms with Crippen LogP contribution in [0.3, 0.4) is 0 Å². The van der Waals surface area contributed by atoms with Crippen LogP contribution in [0.25, 0.3) is 0 Å². The minimum atomic E-state index is -0.0750. The zero-order valence-electron chi connectivity index (χ0n) is 11.9. The number of nitrogens with zero attached hydrogens (tertiary/aromatic N) is 1. The van der Waals surface area contributed by atoms with Crippen molar-refractivity contribution >= 4 is 0 Å². The Morgan fingerprint density at radius 2 is 2.00 bits per heavy atom. The Bertz CT molecular complexity index is 291. The predicted molar refractivity (Wildman–Crippen MR) is 74.3 cm³/mol. The number of hydrogen-bond acceptors (Lipinski definition) is 2. The van der Waals surface area contributed by atoms with E-state index in [2.05, 4.69) is 45.2 Å². The highest BCUT2D eigenvalue weighted by molar-refractivity contribution is 5.40. The van der Waals surface area contributed by atoms with E-state index in [1.54, 1.807) is 0 Å². The van der Waals surface area contributed by atoms with E-state index in [-0.39, 0.29) is 5.60 Å². The van der Waals surface area contributed by atoms with Crippen LogP contribution in [0, 0.1) is 0 Å². The van der Waals surface area contributed by atoms with E-state index in [0.717, 1.165) is 38.0 Å². The van der Waals surface area contributed by atoms with Crippen LogP contribution in [0.2, 0.25) is 0 Å². The van der Waals surface area contributed by atoms with E-state index in [0.29, 0.717) is 6.61 Å². The zero-order valence-corrected chi connectivity index (χ0v) is 11.9. The quantitative estimate of drug-likeness (QED) is 0.702. The summed E-state index contributed by atoms with van der Waals surface area (Å²) in [6.07, 6.45) is 4.29. The lowest BCUT2D eigenvalue weighted by atomic mass is 9.85. The highest BCUT2D eigenvalue weighted by Gasteiger charge is 2.39. The number of ether oxygens (including phenoxy) is 1. The molecule has 0 aromatic heterocycles. The highest BCUT2D eigenvalue weighted by atomic mass is 16.5. The summed E-state index contributed by atoms with van der Waals surface area (Å²) < 4.78 is 6.05. The Balaban J connectivity index is 2.73. The van der Waals surface area contributed by atoms with Crippen molar-refractivity contribution in [2.45, 2.75) is 46.1 Å². The van der Waals surface area contributed by atoms with Crippen LogP contribution in [-0.2, 0) is 4.74 Å². The van der Waals surface area contributed by atoms with Crippen molar-refractivity contribution in [2.24, 2.45) is 0 Å². The summed E-state index contributed by atoms with van der Waals surface area (Å²) in [6.45, 7) is 16.9. The summed E-state index contributed by atoms with van der Waals surface area (Å²) in [5.74, 6) is 0. The van der Waals surface area contributed by atoms with Gasteiger partial charge in [-0.15, -0.1) is 0 Å². The minimum absolute atomic E-state index is 0.0750. The molecular formula is C15H27NO. The van der Waals surface area contributed by atoms with Gasteiger partial charge in [0.05, 0.1) is 12.2 Å². The molecule has 0 aliphatic carbocycles. The predicted octanol–water partition coefficient (Wildman–Crippen LogP) is 3.40. The molecule has 1 fully saturated rings. The van der Waals surface area contributed by atoms with E-state index in [1.165, 1.54) is 5.57 Å². The van der Waals surface area contributed by atoms with Gasteiger partial charge in [0.15, 0.2) is 0 Å². The first-order chi connectivity index (χ1) is 8.13. The monoisotopic (exact) mass is 237 g/mol. The van der Waals surface area contributed by atoms with Crippen LogP contribution in [0.1, 0.15) is 40.5 Å². The third-order valence-corrected chi connectivity index (χ3v) is 3.98. The molecule has 1 aliphatic heterocycles. The summed E-state index contributed by atoms with van der Waals surface area (Å²) in [6, 6.07) is 0. The molecule has 0 amide bonds. The molecule has 0 saturated carbocycles. The van der Waals surface area contributed by atoms with Gasteiger partial charge in [-0.2, -0.15) is 0 Å². The van der Waals surface area contributed by atoms with Gasteiger partial charge in [0.1, 0.15) is 0 Å². The van der Waals surface area contributed by atoms with Gasteiger partial charge in [-0.1, -0.05) is 33.4 Å². The van der Waals surface area contributed by atoms with E-state index in [9.17, 15) is 0 Å². The van der Waals surface area contributed by atoms with Crippen molar-refractivity contribution in [3.63, 3.8) is 0 Å². The lowest BCUT2D eigenvalue weighted by Gasteiger charge is -2.31. The summed E-state index contributed by atoms with van der Waals surface area (Å²) in [7, 11) is 0. The molecule has 0 spiro atoms. The second kappa shape index (κ2) is 6.36. The average Bonchev–Trinajstić information content (AvgIpc) is 2.68. The summed E-state index contributed by atoms with van der Waals surface area (Å²) in [5.41, 5.74) is 2.41. The smallest absolute Gasteiger partial charge is 0.0945 e. The molecule has 1 unspecified atom stereocenters. The van der Waals surface area contributed by atoms with Crippen molar-refractivity contribution < 1.29 is 4.74 Å². The zero-order chi connectivity index (χ0) is 12.9. The molecular weight excluding hydrogens is 210 g/mol. The first kappa shape index (κ1) is 14.5. The first-order valence-corrected chi connectivity index (χ1v) is 6.84. The molecule has 98 valence electrons. The Kier molecular flexibility index (Phi) is 5.41. The maximum absolute atomic E-state index is 6.05. The lowest BCUT2D eigenvalue weighted by molar-refractivity contribution is 0.00977. The number of rotatable bonds is 6. The van der Waals surface area contributed by atoms with Crippen LogP contribution in [-0.4, -0.2) is 36.7 Å². The SMILES string of the molecule is C=C1COC(CC)(CCN(CC)CC)/C1=C/C. The molecule has 1 rings (SSSR count). The minimum Gasteiger partial charge on any atom is -0.366 e. The second-order valence-electron chi connectivity index (χ2n) is 4.72. The largest absolute Gasteiger partial charge is 0.366 e. The van der Waals surface area contributed by atoms with E-state index < -0.39 is 0 Å². The van der Waals surface area contributed by atoms with Crippen LogP contribution >= 0.6 is 0 Å². The van der Waals surface area contributed by atoms with E-state index in [1.807, 2.05) is 0 Å². The fraction of sp³-hybridized carbons (Fsp3) is 0.733. The van der Waals surface area contributed by atoms with Crippen LogP contribution < -0.4 is 0 Å². The van der Waals surface area contributed by atoms with Gasteiger partial charge in [-0.3, -0.25) is 0 Å². The first-order valence-electron chi connectivity index (χ1n) is 6.84. The molecule has 1 heterocycles. The van der Waals surface area contributed by atoms with Gasteiger partial charge < -0.3 is 9.64 Å². The lowest BCUT2D eigenvalue weighted by Crippen LogP contribution is -2.35. The van der Waals surface area contributed by atoms with Crippen molar-refractivity contribution in [3.05, 3.63) is 23.8 Å². The van der Waals surface area contributed by atoms with Crippen LogP contribution in [0.4, 0.5) is 0 Å². The normalized spacial score (nSPS) is 27.4. The van der Waals surface area contributed by atoms with E-state index in [4.69, 9.17) is 4.74 Å². The molecule has 0 bridgehead atoms. The van der Waals surface area contributed by atoms with Gasteiger partial charge in [0.25, 0.3) is 0 Å². The molecule has 0 N–H and O–H groups in total. The molecule has 2 heteroatoms. The molecule has 1 atom stereocenters. The van der Waals surface area contributed by atoms with Crippen molar-refractivity contribution in [2.75, 3.05) is 26.2 Å². The fourth-order valence-electron chi connectivity index (χ4n) is 2.72. The van der Waals surface area contributed by atoms with Crippen LogP contribution in [0.15, 0.2) is 23.8 Å². The molecule has 1 aliphatic rings. The average molecular weight is 237 g/mol. The maximum atomic E-state index is 6.05. The van der Waals surface area contributed by atoms with Crippen molar-refractivity contribution in [1.82, 2.24) is 4.90 Å². The van der Waals surface area contributed by atoms with Gasteiger partial charge in [0.2, 0.25) is 0 Å². The summed E-state index contributed by atoms with van der Waals surface area (Å²) in [4.78, 5) is 2.45. The van der Waals surface area contributed by atoms with Gasteiger partial charge in [0, 0.05) is 6.54 Å². The highest BCUT2D eigenvalue weighted by Crippen LogP contribution is 2.39. The Hall–Kier alpha value is -0.600. The number of allylic oxidation sites excluding steroid dienone is 1. The summed E-state index contributed by atoms with van der Waals surface area (Å²) in [5, 5.41) is 0. The second-order valence-corrected chi connectivity index (χ2v) is 4.72. The molecule has 17 heavy (non-hydrogen) atoms. The Morgan fingerprint density at radius 3 is 2.47 bits per heavy atom. The molecule has 0 radical (unpaired) electrons. The topological polar surface area (TPSA) is 12.5 Å².